The molecule has 0 amide bonds. The van der Waals surface area contributed by atoms with Gasteiger partial charge >= 0.3 is 0 Å². The van der Waals surface area contributed by atoms with Gasteiger partial charge in [-0.3, -0.25) is 0 Å². The molecule has 2 rings (SSSR count). The fourth-order valence-electron chi connectivity index (χ4n) is 1.15. The molecule has 5 heteroatoms. The molecule has 14 heavy (non-hydrogen) atoms. The van der Waals surface area contributed by atoms with Crippen molar-refractivity contribution < 1.29 is 17.5 Å². The third kappa shape index (κ3) is 2.10. The average Bonchev–Trinajstić information content (AvgIpc) is 2.88. The molecule has 1 atom stereocenters. The van der Waals surface area contributed by atoms with Crippen molar-refractivity contribution in [2.75, 3.05) is 12.4 Å². The maximum atomic E-state index is 12.5. The summed E-state index contributed by atoms with van der Waals surface area (Å²) >= 11 is 0. The minimum atomic E-state index is -3.31. The number of rotatable bonds is 3. The van der Waals surface area contributed by atoms with Gasteiger partial charge in [0.25, 0.3) is 0 Å². The summed E-state index contributed by atoms with van der Waals surface area (Å²) in [5, 5.41) is 0. The highest BCUT2D eigenvalue weighted by Crippen LogP contribution is 2.18. The molecule has 1 fully saturated rings. The number of halogens is 1. The lowest BCUT2D eigenvalue weighted by Crippen LogP contribution is -2.11. The van der Waals surface area contributed by atoms with Gasteiger partial charge in [-0.25, -0.2) is 12.8 Å². The van der Waals surface area contributed by atoms with Crippen molar-refractivity contribution in [2.45, 2.75) is 11.0 Å². The second kappa shape index (κ2) is 3.33. The summed E-state index contributed by atoms with van der Waals surface area (Å²) in [6, 6.07) is 4.82. The minimum Gasteiger partial charge on any atom is -0.372 e. The summed E-state index contributed by atoms with van der Waals surface area (Å²) in [7, 11) is -3.31. The molecule has 1 saturated heterocycles. The monoisotopic (exact) mass is 216 g/mol. The van der Waals surface area contributed by atoms with Crippen molar-refractivity contribution in [1.82, 2.24) is 0 Å². The zero-order chi connectivity index (χ0) is 10.2. The third-order valence-electron chi connectivity index (χ3n) is 1.98. The second-order valence-electron chi connectivity index (χ2n) is 3.19. The first-order valence-corrected chi connectivity index (χ1v) is 5.83. The molecule has 1 aliphatic rings. The standard InChI is InChI=1S/C9H9FO3S/c10-7-1-3-9(4-2-7)14(11,12)6-8-5-13-8/h1-4,8H,5-6H2/t8-/m0/s1. The second-order valence-corrected chi connectivity index (χ2v) is 5.22. The Morgan fingerprint density at radius 3 is 2.43 bits per heavy atom. The predicted octanol–water partition coefficient (Wildman–Crippen LogP) is 0.998. The van der Waals surface area contributed by atoms with Crippen molar-refractivity contribution >= 4 is 9.84 Å². The van der Waals surface area contributed by atoms with Crippen LogP contribution in [0.3, 0.4) is 0 Å². The Morgan fingerprint density at radius 2 is 1.93 bits per heavy atom. The minimum absolute atomic E-state index is 0.0152. The van der Waals surface area contributed by atoms with Crippen LogP contribution < -0.4 is 0 Å². The van der Waals surface area contributed by atoms with Gasteiger partial charge in [0.05, 0.1) is 23.4 Å². The molecule has 0 aliphatic carbocycles. The van der Waals surface area contributed by atoms with E-state index in [1.807, 2.05) is 0 Å². The van der Waals surface area contributed by atoms with Gasteiger partial charge in [-0.05, 0) is 24.3 Å². The summed E-state index contributed by atoms with van der Waals surface area (Å²) in [5.41, 5.74) is 0. The predicted molar refractivity (Wildman–Crippen MR) is 48.2 cm³/mol. The van der Waals surface area contributed by atoms with E-state index in [0.717, 1.165) is 12.1 Å². The summed E-state index contributed by atoms with van der Waals surface area (Å²) in [6.07, 6.45) is -0.176. The lowest BCUT2D eigenvalue weighted by atomic mass is 10.4. The summed E-state index contributed by atoms with van der Waals surface area (Å²) in [6.45, 7) is 0.500. The van der Waals surface area contributed by atoms with Crippen molar-refractivity contribution in [3.63, 3.8) is 0 Å². The number of ether oxygens (including phenoxy) is 1. The van der Waals surface area contributed by atoms with Gasteiger partial charge in [0.1, 0.15) is 5.82 Å². The van der Waals surface area contributed by atoms with Crippen LogP contribution in [0.2, 0.25) is 0 Å². The van der Waals surface area contributed by atoms with Crippen molar-refractivity contribution in [3.05, 3.63) is 30.1 Å². The molecule has 1 aliphatic heterocycles. The van der Waals surface area contributed by atoms with Crippen LogP contribution in [0.25, 0.3) is 0 Å². The molecule has 0 N–H and O–H groups in total. The molecule has 3 nitrogen and oxygen atoms in total. The average molecular weight is 216 g/mol. The van der Waals surface area contributed by atoms with Gasteiger partial charge in [0.2, 0.25) is 0 Å². The Morgan fingerprint density at radius 1 is 1.36 bits per heavy atom. The van der Waals surface area contributed by atoms with E-state index in [4.69, 9.17) is 4.74 Å². The Balaban J connectivity index is 2.24. The van der Waals surface area contributed by atoms with Crippen molar-refractivity contribution in [2.24, 2.45) is 0 Å². The maximum Gasteiger partial charge on any atom is 0.181 e. The molecule has 0 spiro atoms. The lowest BCUT2D eigenvalue weighted by molar-refractivity contribution is 0.422. The van der Waals surface area contributed by atoms with E-state index in [-0.39, 0.29) is 16.8 Å². The van der Waals surface area contributed by atoms with Gasteiger partial charge in [0, 0.05) is 0 Å². The number of benzene rings is 1. The highest BCUT2D eigenvalue weighted by Gasteiger charge is 2.30. The number of sulfone groups is 1. The molecule has 0 saturated carbocycles. The van der Waals surface area contributed by atoms with Crippen LogP contribution in [0, 0.1) is 5.82 Å². The van der Waals surface area contributed by atoms with Crippen LogP contribution in [0.1, 0.15) is 0 Å². The lowest BCUT2D eigenvalue weighted by Gasteiger charge is -2.01. The van der Waals surface area contributed by atoms with E-state index in [9.17, 15) is 12.8 Å². The highest BCUT2D eigenvalue weighted by atomic mass is 32.2. The van der Waals surface area contributed by atoms with E-state index in [2.05, 4.69) is 0 Å². The molecule has 0 radical (unpaired) electrons. The summed E-state index contributed by atoms with van der Waals surface area (Å²) in [4.78, 5) is 0.148. The molecule has 1 aromatic carbocycles. The fraction of sp³-hybridized carbons (Fsp3) is 0.333. The van der Waals surface area contributed by atoms with Crippen LogP contribution in [-0.2, 0) is 14.6 Å². The molecule has 1 heterocycles. The van der Waals surface area contributed by atoms with Gasteiger partial charge in [-0.1, -0.05) is 0 Å². The van der Waals surface area contributed by atoms with Crippen molar-refractivity contribution in [3.8, 4) is 0 Å². The number of epoxide rings is 1. The number of hydrogen-bond acceptors (Lipinski definition) is 3. The van der Waals surface area contributed by atoms with Gasteiger partial charge in [0.15, 0.2) is 9.84 Å². The zero-order valence-corrected chi connectivity index (χ0v) is 8.13. The Hall–Kier alpha value is -0.940. The molecule has 76 valence electrons. The summed E-state index contributed by atoms with van der Waals surface area (Å²) in [5.74, 6) is -0.454. The van der Waals surface area contributed by atoms with Crippen LogP contribution in [-0.4, -0.2) is 26.9 Å². The van der Waals surface area contributed by atoms with E-state index in [1.165, 1.54) is 12.1 Å². The third-order valence-corrected chi connectivity index (χ3v) is 3.78. The fourth-order valence-corrected chi connectivity index (χ4v) is 2.57. The quantitative estimate of drug-likeness (QED) is 0.559. The van der Waals surface area contributed by atoms with Crippen molar-refractivity contribution in [1.29, 1.82) is 0 Å². The Bertz CT molecular complexity index is 420. The molecular formula is C9H9FO3S. The first-order valence-electron chi connectivity index (χ1n) is 4.18. The largest absolute Gasteiger partial charge is 0.372 e. The maximum absolute atomic E-state index is 12.5. The van der Waals surface area contributed by atoms with Gasteiger partial charge < -0.3 is 4.74 Å². The van der Waals surface area contributed by atoms with Crippen LogP contribution in [0.5, 0.6) is 0 Å². The zero-order valence-electron chi connectivity index (χ0n) is 7.31. The van der Waals surface area contributed by atoms with E-state index < -0.39 is 15.7 Å². The van der Waals surface area contributed by atoms with E-state index in [0.29, 0.717) is 6.61 Å². The smallest absolute Gasteiger partial charge is 0.181 e. The van der Waals surface area contributed by atoms with Crippen LogP contribution in [0.15, 0.2) is 29.2 Å². The van der Waals surface area contributed by atoms with Gasteiger partial charge in [-0.2, -0.15) is 0 Å². The normalized spacial score (nSPS) is 20.8. The van der Waals surface area contributed by atoms with E-state index in [1.54, 1.807) is 0 Å². The van der Waals surface area contributed by atoms with Crippen LogP contribution >= 0.6 is 0 Å². The molecular weight excluding hydrogens is 207 g/mol. The molecule has 0 unspecified atom stereocenters. The molecule has 0 aromatic heterocycles. The van der Waals surface area contributed by atoms with E-state index >= 15 is 0 Å². The van der Waals surface area contributed by atoms with Crippen LogP contribution in [0.4, 0.5) is 4.39 Å². The Kier molecular flexibility index (Phi) is 2.28. The van der Waals surface area contributed by atoms with Gasteiger partial charge in [-0.15, -0.1) is 0 Å². The molecule has 1 aromatic rings. The SMILES string of the molecule is O=S(=O)(C[C@@H]1CO1)c1ccc(F)cc1. The molecule has 0 bridgehead atoms. The number of hydrogen-bond donors (Lipinski definition) is 0. The highest BCUT2D eigenvalue weighted by molar-refractivity contribution is 7.91. The Labute approximate surface area is 81.4 Å². The topological polar surface area (TPSA) is 46.7 Å². The first kappa shape index (κ1) is 9.61. The summed E-state index contributed by atoms with van der Waals surface area (Å²) < 4.78 is 40.5. The first-order chi connectivity index (χ1) is 6.58.